The lowest BCUT2D eigenvalue weighted by Crippen LogP contribution is -1.84. The molecule has 1 rings (SSSR count). The van der Waals surface area contributed by atoms with E-state index in [0.717, 1.165) is 5.13 Å². The van der Waals surface area contributed by atoms with Crippen LogP contribution in [-0.2, 0) is 6.61 Å². The van der Waals surface area contributed by atoms with Crippen LogP contribution in [0.1, 0.15) is 5.01 Å². The maximum Gasteiger partial charge on any atom is 0.205 e. The van der Waals surface area contributed by atoms with Gasteiger partial charge in [-0.15, -0.1) is 10.2 Å². The molecule has 0 bridgehead atoms. The predicted octanol–water partition coefficient (Wildman–Crippen LogP) is 0.0721. The molecule has 0 amide bonds. The standard InChI is InChI=1S/C4H7N3OS/c1-5-4-7-6-3(2-8)9-4/h8H,2H2,1H3,(H,5,7). The van der Waals surface area contributed by atoms with Crippen LogP contribution < -0.4 is 5.32 Å². The highest BCUT2D eigenvalue weighted by atomic mass is 32.1. The lowest BCUT2D eigenvalue weighted by Gasteiger charge is -1.83. The molecule has 9 heavy (non-hydrogen) atoms. The first kappa shape index (κ1) is 6.44. The van der Waals surface area contributed by atoms with Crippen molar-refractivity contribution in [3.05, 3.63) is 5.01 Å². The third-order valence-electron chi connectivity index (χ3n) is 0.816. The summed E-state index contributed by atoms with van der Waals surface area (Å²) in [5.41, 5.74) is 0. The molecule has 0 aromatic carbocycles. The van der Waals surface area contributed by atoms with Crippen molar-refractivity contribution < 1.29 is 5.11 Å². The molecule has 0 aliphatic heterocycles. The van der Waals surface area contributed by atoms with Crippen molar-refractivity contribution in [1.82, 2.24) is 10.2 Å². The van der Waals surface area contributed by atoms with Gasteiger partial charge in [-0.25, -0.2) is 0 Å². The van der Waals surface area contributed by atoms with E-state index >= 15 is 0 Å². The van der Waals surface area contributed by atoms with E-state index < -0.39 is 0 Å². The number of aromatic nitrogens is 2. The SMILES string of the molecule is CNc1nnc(CO)s1. The molecule has 2 N–H and O–H groups in total. The highest BCUT2D eigenvalue weighted by molar-refractivity contribution is 7.15. The van der Waals surface area contributed by atoms with Crippen molar-refractivity contribution in [3.8, 4) is 0 Å². The Bertz CT molecular complexity index is 169. The number of aliphatic hydroxyl groups excluding tert-OH is 1. The molecule has 0 unspecified atom stereocenters. The van der Waals surface area contributed by atoms with Crippen molar-refractivity contribution in [2.75, 3.05) is 12.4 Å². The van der Waals surface area contributed by atoms with Gasteiger partial charge in [0.1, 0.15) is 5.01 Å². The van der Waals surface area contributed by atoms with Gasteiger partial charge in [-0.05, 0) is 0 Å². The zero-order valence-corrected chi connectivity index (χ0v) is 5.77. The number of nitrogens with zero attached hydrogens (tertiary/aromatic N) is 2. The summed E-state index contributed by atoms with van der Waals surface area (Å²) < 4.78 is 0. The number of anilines is 1. The second kappa shape index (κ2) is 2.75. The topological polar surface area (TPSA) is 58.0 Å². The number of aliphatic hydroxyl groups is 1. The van der Waals surface area contributed by atoms with Gasteiger partial charge in [0.2, 0.25) is 5.13 Å². The van der Waals surface area contributed by atoms with E-state index in [-0.39, 0.29) is 6.61 Å². The zero-order valence-electron chi connectivity index (χ0n) is 4.96. The van der Waals surface area contributed by atoms with E-state index in [9.17, 15) is 0 Å². The van der Waals surface area contributed by atoms with E-state index in [2.05, 4.69) is 15.5 Å². The van der Waals surface area contributed by atoms with Crippen molar-refractivity contribution in [1.29, 1.82) is 0 Å². The molecule has 1 aromatic rings. The maximum atomic E-state index is 8.53. The average Bonchev–Trinajstić information content (AvgIpc) is 2.34. The molecule has 0 spiro atoms. The van der Waals surface area contributed by atoms with Crippen LogP contribution in [0.5, 0.6) is 0 Å². The lowest BCUT2D eigenvalue weighted by molar-refractivity contribution is 0.280. The smallest absolute Gasteiger partial charge is 0.205 e. The van der Waals surface area contributed by atoms with E-state index in [1.165, 1.54) is 11.3 Å². The van der Waals surface area contributed by atoms with Crippen LogP contribution in [0.4, 0.5) is 5.13 Å². The van der Waals surface area contributed by atoms with Crippen LogP contribution in [0.2, 0.25) is 0 Å². The van der Waals surface area contributed by atoms with Gasteiger partial charge in [0.15, 0.2) is 0 Å². The van der Waals surface area contributed by atoms with Crippen LogP contribution in [0, 0.1) is 0 Å². The summed E-state index contributed by atoms with van der Waals surface area (Å²) in [5, 5.41) is 20.1. The highest BCUT2D eigenvalue weighted by Gasteiger charge is 1.97. The molecule has 0 radical (unpaired) electrons. The van der Waals surface area contributed by atoms with Gasteiger partial charge in [-0.1, -0.05) is 11.3 Å². The van der Waals surface area contributed by atoms with Crippen LogP contribution in [0.15, 0.2) is 0 Å². The number of rotatable bonds is 2. The first-order chi connectivity index (χ1) is 4.36. The van der Waals surface area contributed by atoms with Gasteiger partial charge in [0, 0.05) is 7.05 Å². The average molecular weight is 145 g/mol. The van der Waals surface area contributed by atoms with Gasteiger partial charge in [0.05, 0.1) is 6.61 Å². The molecule has 0 fully saturated rings. The van der Waals surface area contributed by atoms with Crippen LogP contribution in [0.25, 0.3) is 0 Å². The Kier molecular flexibility index (Phi) is 1.96. The first-order valence-corrected chi connectivity index (χ1v) is 3.29. The molecular weight excluding hydrogens is 138 g/mol. The molecule has 0 saturated heterocycles. The number of hydrogen-bond donors (Lipinski definition) is 2. The van der Waals surface area contributed by atoms with E-state index in [1.54, 1.807) is 7.05 Å². The molecule has 0 atom stereocenters. The number of nitrogens with one attached hydrogen (secondary N) is 1. The van der Waals surface area contributed by atoms with E-state index in [4.69, 9.17) is 5.11 Å². The van der Waals surface area contributed by atoms with Gasteiger partial charge in [0.25, 0.3) is 0 Å². The van der Waals surface area contributed by atoms with Gasteiger partial charge in [-0.2, -0.15) is 0 Å². The summed E-state index contributed by atoms with van der Waals surface area (Å²) in [7, 11) is 1.77. The minimum Gasteiger partial charge on any atom is -0.389 e. The Hall–Kier alpha value is -0.680. The van der Waals surface area contributed by atoms with Crippen molar-refractivity contribution in [3.63, 3.8) is 0 Å². The summed E-state index contributed by atoms with van der Waals surface area (Å²) in [6.07, 6.45) is 0. The van der Waals surface area contributed by atoms with Crippen molar-refractivity contribution >= 4 is 16.5 Å². The highest BCUT2D eigenvalue weighted by Crippen LogP contribution is 2.12. The molecule has 4 nitrogen and oxygen atoms in total. The van der Waals surface area contributed by atoms with Gasteiger partial charge < -0.3 is 10.4 Å². The molecule has 50 valence electrons. The Morgan fingerprint density at radius 1 is 1.67 bits per heavy atom. The summed E-state index contributed by atoms with van der Waals surface area (Å²) in [5.74, 6) is 0. The molecule has 0 aliphatic rings. The lowest BCUT2D eigenvalue weighted by atomic mass is 10.8. The van der Waals surface area contributed by atoms with Crippen LogP contribution in [0.3, 0.4) is 0 Å². The summed E-state index contributed by atoms with van der Waals surface area (Å²) >= 11 is 1.35. The first-order valence-electron chi connectivity index (χ1n) is 2.48. The second-order valence-electron chi connectivity index (χ2n) is 1.41. The van der Waals surface area contributed by atoms with Crippen LogP contribution >= 0.6 is 11.3 Å². The molecule has 1 heterocycles. The Morgan fingerprint density at radius 2 is 2.44 bits per heavy atom. The fourth-order valence-electron chi connectivity index (χ4n) is 0.419. The van der Waals surface area contributed by atoms with Crippen molar-refractivity contribution in [2.24, 2.45) is 0 Å². The maximum absolute atomic E-state index is 8.53. The molecule has 1 aromatic heterocycles. The summed E-state index contributed by atoms with van der Waals surface area (Å²) in [6, 6.07) is 0. The quantitative estimate of drug-likeness (QED) is 0.618. The molecule has 0 saturated carbocycles. The van der Waals surface area contributed by atoms with Crippen LogP contribution in [-0.4, -0.2) is 22.4 Å². The van der Waals surface area contributed by atoms with Gasteiger partial charge >= 0.3 is 0 Å². The predicted molar refractivity (Wildman–Crippen MR) is 35.4 cm³/mol. The minimum atomic E-state index is -0.0284. The monoisotopic (exact) mass is 145 g/mol. The van der Waals surface area contributed by atoms with Gasteiger partial charge in [-0.3, -0.25) is 0 Å². The Labute approximate surface area is 56.6 Å². The Morgan fingerprint density at radius 3 is 2.78 bits per heavy atom. The molecular formula is C4H7N3OS. The van der Waals surface area contributed by atoms with E-state index in [0.29, 0.717) is 5.01 Å². The summed E-state index contributed by atoms with van der Waals surface area (Å²) in [6.45, 7) is -0.0284. The summed E-state index contributed by atoms with van der Waals surface area (Å²) in [4.78, 5) is 0. The largest absolute Gasteiger partial charge is 0.389 e. The fourth-order valence-corrected chi connectivity index (χ4v) is 0.972. The number of hydrogen-bond acceptors (Lipinski definition) is 5. The second-order valence-corrected chi connectivity index (χ2v) is 2.47. The molecule has 5 heteroatoms. The third-order valence-corrected chi connectivity index (χ3v) is 1.74. The zero-order chi connectivity index (χ0) is 6.69. The van der Waals surface area contributed by atoms with E-state index in [1.807, 2.05) is 0 Å². The normalized spacial score (nSPS) is 9.56. The molecule has 0 aliphatic carbocycles. The third kappa shape index (κ3) is 1.36. The fraction of sp³-hybridized carbons (Fsp3) is 0.500. The Balaban J connectivity index is 2.74. The van der Waals surface area contributed by atoms with Crippen molar-refractivity contribution in [2.45, 2.75) is 6.61 Å². The minimum absolute atomic E-state index is 0.0284.